The van der Waals surface area contributed by atoms with Crippen LogP contribution in [0.5, 0.6) is 5.75 Å². The van der Waals surface area contributed by atoms with Crippen molar-refractivity contribution < 1.29 is 14.6 Å². The van der Waals surface area contributed by atoms with Gasteiger partial charge in [-0.2, -0.15) is 0 Å². The van der Waals surface area contributed by atoms with Crippen LogP contribution in [0.3, 0.4) is 0 Å². The zero-order chi connectivity index (χ0) is 22.6. The summed E-state index contributed by atoms with van der Waals surface area (Å²) < 4.78 is 5.47. The predicted molar refractivity (Wildman–Crippen MR) is 127 cm³/mol. The molecule has 0 unspecified atom stereocenters. The first kappa shape index (κ1) is 21.1. The number of aliphatic hydroxyl groups is 1. The molecule has 1 aromatic carbocycles. The molecule has 4 heterocycles. The molecular formula is C25H30N4O3S. The summed E-state index contributed by atoms with van der Waals surface area (Å²) >= 11 is 1.66. The summed E-state index contributed by atoms with van der Waals surface area (Å²) in [5.41, 5.74) is 3.41. The molecular weight excluding hydrogens is 436 g/mol. The maximum atomic E-state index is 12.7. The van der Waals surface area contributed by atoms with Gasteiger partial charge >= 0.3 is 0 Å². The average molecular weight is 467 g/mol. The number of aromatic amines is 1. The summed E-state index contributed by atoms with van der Waals surface area (Å²) in [4.78, 5) is 25.4. The SMILES string of the molecule is COc1ccc2c3c([nH]c2c1)[C@@H](CO)N(Cc1nccs1)CC31CCN(C(=O)C2CC2)CC1. The summed E-state index contributed by atoms with van der Waals surface area (Å²) in [5, 5.41) is 14.8. The van der Waals surface area contributed by atoms with Gasteiger partial charge in [0.15, 0.2) is 0 Å². The smallest absolute Gasteiger partial charge is 0.225 e. The highest BCUT2D eigenvalue weighted by atomic mass is 32.1. The van der Waals surface area contributed by atoms with Crippen LogP contribution in [0.25, 0.3) is 10.9 Å². The second-order valence-electron chi connectivity index (χ2n) is 9.73. The second kappa shape index (κ2) is 8.11. The van der Waals surface area contributed by atoms with Gasteiger partial charge in [0, 0.05) is 65.2 Å². The first-order valence-corrected chi connectivity index (χ1v) is 12.7. The fraction of sp³-hybridized carbons (Fsp3) is 0.520. The van der Waals surface area contributed by atoms with E-state index in [-0.39, 0.29) is 24.0 Å². The van der Waals surface area contributed by atoms with E-state index in [4.69, 9.17) is 4.74 Å². The molecule has 0 radical (unpaired) electrons. The number of piperidine rings is 1. The molecule has 1 aliphatic carbocycles. The summed E-state index contributed by atoms with van der Waals surface area (Å²) in [6.07, 6.45) is 5.81. The molecule has 0 bridgehead atoms. The number of aliphatic hydroxyl groups excluding tert-OH is 1. The molecule has 1 saturated heterocycles. The zero-order valence-corrected chi connectivity index (χ0v) is 19.7. The van der Waals surface area contributed by atoms with E-state index in [0.717, 1.165) is 67.3 Å². The Bertz CT molecular complexity index is 1160. The minimum Gasteiger partial charge on any atom is -0.497 e. The van der Waals surface area contributed by atoms with Crippen molar-refractivity contribution in [2.24, 2.45) is 5.92 Å². The van der Waals surface area contributed by atoms with Gasteiger partial charge < -0.3 is 19.7 Å². The number of methoxy groups -OCH3 is 1. The molecule has 3 aromatic rings. The number of nitrogens with one attached hydrogen (secondary N) is 1. The number of benzene rings is 1. The predicted octanol–water partition coefficient (Wildman–Crippen LogP) is 3.45. The molecule has 2 aromatic heterocycles. The van der Waals surface area contributed by atoms with Crippen LogP contribution in [0.1, 0.15) is 48.0 Å². The summed E-state index contributed by atoms with van der Waals surface area (Å²) in [5.74, 6) is 1.43. The van der Waals surface area contributed by atoms with Crippen LogP contribution >= 0.6 is 11.3 Å². The second-order valence-corrected chi connectivity index (χ2v) is 10.7. The van der Waals surface area contributed by atoms with E-state index in [9.17, 15) is 9.90 Å². The Labute approximate surface area is 197 Å². The first-order chi connectivity index (χ1) is 16.1. The fourth-order valence-corrected chi connectivity index (χ4v) is 6.58. The Morgan fingerprint density at radius 3 is 2.82 bits per heavy atom. The quantitative estimate of drug-likeness (QED) is 0.602. The molecule has 3 aliphatic rings. The Morgan fingerprint density at radius 2 is 2.15 bits per heavy atom. The lowest BCUT2D eigenvalue weighted by atomic mass is 9.68. The van der Waals surface area contributed by atoms with Crippen LogP contribution in [0.2, 0.25) is 0 Å². The standard InChI is InChI=1S/C25H30N4O3S/c1-32-17-4-5-18-19(12-17)27-23-20(14-30)29(13-21-26-8-11-33-21)15-25(22(18)23)6-9-28(10-7-25)24(31)16-2-3-16/h4-5,8,11-12,16,20,27,30H,2-3,6-7,9-10,13-15H2,1H3/t20-/m1/s1. The minimum absolute atomic E-state index is 0.0463. The van der Waals surface area contributed by atoms with Crippen LogP contribution in [-0.2, 0) is 16.8 Å². The number of carbonyl (C=O) groups excluding carboxylic acids is 1. The third kappa shape index (κ3) is 3.55. The number of nitrogens with zero attached hydrogens (tertiary/aromatic N) is 3. The van der Waals surface area contributed by atoms with Gasteiger partial charge in [0.25, 0.3) is 0 Å². The number of likely N-dealkylation sites (tertiary alicyclic amines) is 1. The van der Waals surface area contributed by atoms with E-state index in [2.05, 4.69) is 25.8 Å². The maximum absolute atomic E-state index is 12.7. The molecule has 1 atom stereocenters. The monoisotopic (exact) mass is 466 g/mol. The summed E-state index contributed by atoms with van der Waals surface area (Å²) in [6, 6.07) is 6.11. The van der Waals surface area contributed by atoms with Crippen LogP contribution in [-0.4, -0.2) is 64.1 Å². The van der Waals surface area contributed by atoms with Crippen molar-refractivity contribution in [2.45, 2.75) is 43.7 Å². The minimum atomic E-state index is -0.112. The topological polar surface area (TPSA) is 81.7 Å². The lowest BCUT2D eigenvalue weighted by Gasteiger charge is -2.50. The highest BCUT2D eigenvalue weighted by Gasteiger charge is 2.48. The number of H-pyrrole nitrogens is 1. The van der Waals surface area contributed by atoms with E-state index >= 15 is 0 Å². The molecule has 33 heavy (non-hydrogen) atoms. The lowest BCUT2D eigenvalue weighted by Crippen LogP contribution is -2.54. The number of aromatic nitrogens is 2. The Hall–Kier alpha value is -2.42. The van der Waals surface area contributed by atoms with Crippen LogP contribution in [0, 0.1) is 5.92 Å². The third-order valence-corrected chi connectivity index (χ3v) is 8.56. The number of fused-ring (bicyclic) bond motifs is 4. The van der Waals surface area contributed by atoms with Crippen molar-refractivity contribution in [3.8, 4) is 5.75 Å². The van der Waals surface area contributed by atoms with Crippen molar-refractivity contribution in [3.63, 3.8) is 0 Å². The number of amides is 1. The number of thiazole rings is 1. The Kier molecular flexibility index (Phi) is 5.19. The van der Waals surface area contributed by atoms with Crippen LogP contribution < -0.4 is 4.74 Å². The number of hydrogen-bond donors (Lipinski definition) is 2. The highest BCUT2D eigenvalue weighted by molar-refractivity contribution is 7.09. The van der Waals surface area contributed by atoms with Crippen molar-refractivity contribution in [1.82, 2.24) is 19.8 Å². The Morgan fingerprint density at radius 1 is 1.33 bits per heavy atom. The molecule has 2 fully saturated rings. The van der Waals surface area contributed by atoms with Gasteiger partial charge in [0.1, 0.15) is 10.8 Å². The number of ether oxygens (including phenoxy) is 1. The molecule has 6 rings (SSSR count). The molecule has 1 saturated carbocycles. The van der Waals surface area contributed by atoms with E-state index in [0.29, 0.717) is 12.5 Å². The number of hydrogen-bond acceptors (Lipinski definition) is 6. The molecule has 2 aliphatic heterocycles. The largest absolute Gasteiger partial charge is 0.497 e. The van der Waals surface area contributed by atoms with E-state index < -0.39 is 0 Å². The molecule has 8 heteroatoms. The number of rotatable bonds is 5. The van der Waals surface area contributed by atoms with Crippen molar-refractivity contribution in [2.75, 3.05) is 33.4 Å². The van der Waals surface area contributed by atoms with Gasteiger partial charge in [-0.3, -0.25) is 9.69 Å². The zero-order valence-electron chi connectivity index (χ0n) is 18.9. The van der Waals surface area contributed by atoms with Crippen molar-refractivity contribution in [1.29, 1.82) is 0 Å². The van der Waals surface area contributed by atoms with Gasteiger partial charge in [-0.1, -0.05) is 0 Å². The first-order valence-electron chi connectivity index (χ1n) is 11.8. The summed E-state index contributed by atoms with van der Waals surface area (Å²) in [6.45, 7) is 3.21. The average Bonchev–Trinajstić information content (AvgIpc) is 3.42. The van der Waals surface area contributed by atoms with Crippen molar-refractivity contribution in [3.05, 3.63) is 46.0 Å². The lowest BCUT2D eigenvalue weighted by molar-refractivity contribution is -0.134. The third-order valence-electron chi connectivity index (χ3n) is 7.80. The van der Waals surface area contributed by atoms with Crippen LogP contribution in [0.4, 0.5) is 0 Å². The van der Waals surface area contributed by atoms with E-state index in [1.807, 2.05) is 23.7 Å². The molecule has 1 amide bonds. The van der Waals surface area contributed by atoms with Gasteiger partial charge in [-0.05, 0) is 43.4 Å². The fourth-order valence-electron chi connectivity index (χ4n) is 5.94. The molecule has 174 valence electrons. The van der Waals surface area contributed by atoms with Gasteiger partial charge in [0.2, 0.25) is 5.91 Å². The highest BCUT2D eigenvalue weighted by Crippen LogP contribution is 2.49. The molecule has 7 nitrogen and oxygen atoms in total. The van der Waals surface area contributed by atoms with E-state index in [1.54, 1.807) is 18.4 Å². The van der Waals surface area contributed by atoms with Gasteiger partial charge in [0.05, 0.1) is 26.3 Å². The summed E-state index contributed by atoms with van der Waals surface area (Å²) in [7, 11) is 1.68. The van der Waals surface area contributed by atoms with Crippen molar-refractivity contribution >= 4 is 28.1 Å². The Balaban J connectivity index is 1.42. The molecule has 2 N–H and O–H groups in total. The number of carbonyl (C=O) groups is 1. The maximum Gasteiger partial charge on any atom is 0.225 e. The van der Waals surface area contributed by atoms with Crippen LogP contribution in [0.15, 0.2) is 29.8 Å². The van der Waals surface area contributed by atoms with E-state index in [1.165, 1.54) is 10.9 Å². The van der Waals surface area contributed by atoms with Gasteiger partial charge in [-0.15, -0.1) is 11.3 Å². The molecule has 1 spiro atoms. The normalized spacial score (nSPS) is 22.6. The van der Waals surface area contributed by atoms with Gasteiger partial charge in [-0.25, -0.2) is 4.98 Å².